The fraction of sp³-hybridized carbons (Fsp3) is 0.769. The molecular formula is C13H23N3O2S2. The molecule has 0 radical (unpaired) electrons. The zero-order valence-electron chi connectivity index (χ0n) is 12.3. The molecule has 7 heteroatoms. The highest BCUT2D eigenvalue weighted by atomic mass is 32.2. The molecule has 2 unspecified atom stereocenters. The van der Waals surface area contributed by atoms with E-state index in [4.69, 9.17) is 10.7 Å². The van der Waals surface area contributed by atoms with Crippen LogP contribution in [-0.2, 0) is 16.4 Å². The maximum atomic E-state index is 11.6. The molecule has 5 nitrogen and oxygen atoms in total. The molecule has 1 aromatic heterocycles. The molecule has 0 spiro atoms. The Kier molecular flexibility index (Phi) is 4.71. The molecule has 2 atom stereocenters. The number of sulfone groups is 1. The van der Waals surface area contributed by atoms with Crippen molar-refractivity contribution in [3.63, 3.8) is 0 Å². The van der Waals surface area contributed by atoms with Crippen molar-refractivity contribution in [3.05, 3.63) is 10.6 Å². The number of hydrogen-bond acceptors (Lipinski definition) is 6. The largest absolute Gasteiger partial charge is 0.347 e. The standard InChI is InChI=1S/C13H23N3O2S2/c1-4-9(2)12-11(7-14)19-13(15-12)16(3)10-5-6-20(17,18)8-10/h9-10H,4-8,14H2,1-3H3. The second kappa shape index (κ2) is 5.99. The molecule has 0 bridgehead atoms. The summed E-state index contributed by atoms with van der Waals surface area (Å²) in [7, 11) is -0.932. The van der Waals surface area contributed by atoms with Gasteiger partial charge in [0.05, 0.1) is 17.2 Å². The van der Waals surface area contributed by atoms with Crippen LogP contribution in [-0.4, -0.2) is 38.0 Å². The first-order chi connectivity index (χ1) is 9.38. The Balaban J connectivity index is 2.22. The summed E-state index contributed by atoms with van der Waals surface area (Å²) in [6.45, 7) is 4.78. The smallest absolute Gasteiger partial charge is 0.185 e. The highest BCUT2D eigenvalue weighted by molar-refractivity contribution is 7.91. The van der Waals surface area contributed by atoms with Crippen LogP contribution in [0.4, 0.5) is 5.13 Å². The van der Waals surface area contributed by atoms with Gasteiger partial charge in [-0.25, -0.2) is 13.4 Å². The van der Waals surface area contributed by atoms with Crippen molar-refractivity contribution in [2.75, 3.05) is 23.5 Å². The normalized spacial score (nSPS) is 22.9. The Bertz CT molecular complexity index is 568. The molecule has 0 amide bonds. The molecule has 0 saturated carbocycles. The average Bonchev–Trinajstić information content (AvgIpc) is 3.00. The van der Waals surface area contributed by atoms with Crippen LogP contribution in [0.2, 0.25) is 0 Å². The highest BCUT2D eigenvalue weighted by Crippen LogP contribution is 2.33. The molecule has 20 heavy (non-hydrogen) atoms. The van der Waals surface area contributed by atoms with Gasteiger partial charge in [-0.2, -0.15) is 0 Å². The van der Waals surface area contributed by atoms with E-state index in [9.17, 15) is 8.42 Å². The summed E-state index contributed by atoms with van der Waals surface area (Å²) in [5.74, 6) is 0.911. The molecule has 2 heterocycles. The lowest BCUT2D eigenvalue weighted by molar-refractivity contribution is 0.600. The van der Waals surface area contributed by atoms with Crippen molar-refractivity contribution < 1.29 is 8.42 Å². The lowest BCUT2D eigenvalue weighted by Gasteiger charge is -2.22. The molecule has 114 valence electrons. The second-order valence-corrected chi connectivity index (χ2v) is 8.78. The number of nitrogens with zero attached hydrogens (tertiary/aromatic N) is 2. The van der Waals surface area contributed by atoms with E-state index in [2.05, 4.69) is 13.8 Å². The van der Waals surface area contributed by atoms with E-state index in [1.54, 1.807) is 11.3 Å². The maximum absolute atomic E-state index is 11.6. The Hall–Kier alpha value is -0.660. The van der Waals surface area contributed by atoms with E-state index >= 15 is 0 Å². The predicted molar refractivity (Wildman–Crippen MR) is 84.2 cm³/mol. The van der Waals surface area contributed by atoms with E-state index in [0.717, 1.165) is 22.1 Å². The van der Waals surface area contributed by atoms with Crippen LogP contribution in [0.3, 0.4) is 0 Å². The molecule has 0 aliphatic carbocycles. The van der Waals surface area contributed by atoms with Gasteiger partial charge in [-0.15, -0.1) is 11.3 Å². The third-order valence-corrected chi connectivity index (χ3v) is 6.97. The van der Waals surface area contributed by atoms with Crippen LogP contribution >= 0.6 is 11.3 Å². The van der Waals surface area contributed by atoms with Crippen LogP contribution in [0.1, 0.15) is 43.2 Å². The Morgan fingerprint density at radius 2 is 2.25 bits per heavy atom. The van der Waals surface area contributed by atoms with Gasteiger partial charge in [-0.3, -0.25) is 0 Å². The number of hydrogen-bond donors (Lipinski definition) is 1. The van der Waals surface area contributed by atoms with Crippen LogP contribution in [0.5, 0.6) is 0 Å². The molecule has 1 aliphatic rings. The van der Waals surface area contributed by atoms with Gasteiger partial charge in [0.1, 0.15) is 0 Å². The lowest BCUT2D eigenvalue weighted by atomic mass is 10.0. The SMILES string of the molecule is CCC(C)c1nc(N(C)C2CCS(=O)(=O)C2)sc1CN. The Morgan fingerprint density at radius 3 is 2.75 bits per heavy atom. The van der Waals surface area contributed by atoms with E-state index in [1.807, 2.05) is 11.9 Å². The second-order valence-electron chi connectivity index (χ2n) is 5.49. The van der Waals surface area contributed by atoms with E-state index in [1.165, 1.54) is 0 Å². The van der Waals surface area contributed by atoms with Gasteiger partial charge in [0.15, 0.2) is 15.0 Å². The molecule has 1 aromatic rings. The first-order valence-electron chi connectivity index (χ1n) is 7.00. The van der Waals surface area contributed by atoms with Crippen molar-refractivity contribution in [1.82, 2.24) is 4.98 Å². The van der Waals surface area contributed by atoms with E-state index in [-0.39, 0.29) is 17.5 Å². The van der Waals surface area contributed by atoms with Gasteiger partial charge < -0.3 is 10.6 Å². The number of anilines is 1. The number of rotatable bonds is 5. The fourth-order valence-electron chi connectivity index (χ4n) is 2.46. The van der Waals surface area contributed by atoms with Crippen LogP contribution < -0.4 is 10.6 Å². The quantitative estimate of drug-likeness (QED) is 0.895. The minimum atomic E-state index is -2.87. The summed E-state index contributed by atoms with van der Waals surface area (Å²) in [5, 5.41) is 0.892. The highest BCUT2D eigenvalue weighted by Gasteiger charge is 2.32. The van der Waals surface area contributed by atoms with Crippen molar-refractivity contribution in [3.8, 4) is 0 Å². The molecule has 2 N–H and O–H groups in total. The minimum Gasteiger partial charge on any atom is -0.347 e. The summed E-state index contributed by atoms with van der Waals surface area (Å²) in [5.41, 5.74) is 6.88. The van der Waals surface area contributed by atoms with Crippen LogP contribution in [0, 0.1) is 0 Å². The minimum absolute atomic E-state index is 0.0431. The summed E-state index contributed by atoms with van der Waals surface area (Å²) >= 11 is 1.59. The predicted octanol–water partition coefficient (Wildman–Crippen LogP) is 1.74. The average molecular weight is 317 g/mol. The van der Waals surface area contributed by atoms with E-state index < -0.39 is 9.84 Å². The van der Waals surface area contributed by atoms with Crippen molar-refractivity contribution in [1.29, 1.82) is 0 Å². The monoisotopic (exact) mass is 317 g/mol. The van der Waals surface area contributed by atoms with Crippen molar-refractivity contribution in [2.24, 2.45) is 5.73 Å². The first kappa shape index (κ1) is 15.7. The van der Waals surface area contributed by atoms with E-state index in [0.29, 0.717) is 18.9 Å². The van der Waals surface area contributed by atoms with Crippen LogP contribution in [0.15, 0.2) is 0 Å². The Labute approximate surface area is 125 Å². The van der Waals surface area contributed by atoms with Crippen molar-refractivity contribution >= 4 is 26.3 Å². The zero-order valence-corrected chi connectivity index (χ0v) is 13.9. The molecule has 0 aromatic carbocycles. The summed E-state index contributed by atoms with van der Waals surface area (Å²) in [6, 6.07) is 0.0431. The summed E-state index contributed by atoms with van der Waals surface area (Å²) in [6.07, 6.45) is 1.72. The van der Waals surface area contributed by atoms with Gasteiger partial charge in [-0.05, 0) is 18.8 Å². The molecule has 1 saturated heterocycles. The van der Waals surface area contributed by atoms with Crippen molar-refractivity contribution in [2.45, 2.75) is 45.2 Å². The molecular weight excluding hydrogens is 294 g/mol. The summed E-state index contributed by atoms with van der Waals surface area (Å²) in [4.78, 5) is 7.84. The third-order valence-electron chi connectivity index (χ3n) is 4.04. The topological polar surface area (TPSA) is 76.3 Å². The molecule has 1 aliphatic heterocycles. The zero-order chi connectivity index (χ0) is 14.9. The maximum Gasteiger partial charge on any atom is 0.185 e. The fourth-order valence-corrected chi connectivity index (χ4v) is 5.33. The third kappa shape index (κ3) is 3.15. The number of aromatic nitrogens is 1. The van der Waals surface area contributed by atoms with Gasteiger partial charge in [0, 0.05) is 24.5 Å². The summed E-state index contributed by atoms with van der Waals surface area (Å²) < 4.78 is 23.2. The first-order valence-corrected chi connectivity index (χ1v) is 9.64. The lowest BCUT2D eigenvalue weighted by Crippen LogP contribution is -2.32. The van der Waals surface area contributed by atoms with Crippen LogP contribution in [0.25, 0.3) is 0 Å². The van der Waals surface area contributed by atoms with Gasteiger partial charge in [0.25, 0.3) is 0 Å². The number of nitrogens with two attached hydrogens (primary N) is 1. The molecule has 1 fully saturated rings. The molecule has 2 rings (SSSR count). The number of thiazole rings is 1. The van der Waals surface area contributed by atoms with Gasteiger partial charge >= 0.3 is 0 Å². The van der Waals surface area contributed by atoms with Gasteiger partial charge in [-0.1, -0.05) is 13.8 Å². The van der Waals surface area contributed by atoms with Gasteiger partial charge in [0.2, 0.25) is 0 Å². The Morgan fingerprint density at radius 1 is 1.55 bits per heavy atom.